The largest absolute Gasteiger partial charge is 0.440 e. The molecule has 3 heterocycles. The number of rotatable bonds is 4. The zero-order chi connectivity index (χ0) is 22.8. The first-order valence-electron chi connectivity index (χ1n) is 11.2. The highest BCUT2D eigenvalue weighted by atomic mass is 16.3. The van der Waals surface area contributed by atoms with E-state index in [2.05, 4.69) is 44.9 Å². The minimum Gasteiger partial charge on any atom is -0.440 e. The number of nitrogens with zero attached hydrogens (tertiary/aromatic N) is 4. The van der Waals surface area contributed by atoms with Crippen molar-refractivity contribution in [3.8, 4) is 0 Å². The minimum atomic E-state index is -0.250. The Morgan fingerprint density at radius 3 is 2.59 bits per heavy atom. The van der Waals surface area contributed by atoms with Crippen LogP contribution in [0.25, 0.3) is 22.1 Å². The number of amides is 1. The number of benzene rings is 1. The lowest BCUT2D eigenvalue weighted by Gasteiger charge is -2.20. The molecule has 0 atom stereocenters. The predicted molar refractivity (Wildman–Crippen MR) is 125 cm³/mol. The first kappa shape index (κ1) is 20.7. The molecule has 7 heteroatoms. The van der Waals surface area contributed by atoms with Gasteiger partial charge in [-0.05, 0) is 70.7 Å². The van der Waals surface area contributed by atoms with Crippen molar-refractivity contribution in [2.45, 2.75) is 71.8 Å². The van der Waals surface area contributed by atoms with Gasteiger partial charge in [0.05, 0.1) is 22.2 Å². The summed E-state index contributed by atoms with van der Waals surface area (Å²) in [6.07, 6.45) is 2.27. The Morgan fingerprint density at radius 1 is 1.19 bits per heavy atom. The number of hydrogen-bond donors (Lipinski definition) is 1. The first-order chi connectivity index (χ1) is 15.1. The molecule has 0 aliphatic heterocycles. The number of pyridine rings is 1. The monoisotopic (exact) mass is 431 g/mol. The Labute approximate surface area is 187 Å². The third-order valence-electron chi connectivity index (χ3n) is 5.89. The number of carbonyl (C=O) groups is 1. The third kappa shape index (κ3) is 3.55. The normalized spacial score (nSPS) is 14.6. The van der Waals surface area contributed by atoms with Crippen LogP contribution < -0.4 is 5.32 Å². The van der Waals surface area contributed by atoms with Crippen LogP contribution in [0.4, 0.5) is 5.69 Å². The minimum absolute atomic E-state index is 0.180. The average molecular weight is 432 g/mol. The number of anilines is 1. The Bertz CT molecular complexity index is 1350. The summed E-state index contributed by atoms with van der Waals surface area (Å²) in [7, 11) is 0. The van der Waals surface area contributed by atoms with Crippen LogP contribution >= 0.6 is 0 Å². The van der Waals surface area contributed by atoms with Crippen molar-refractivity contribution in [3.63, 3.8) is 0 Å². The van der Waals surface area contributed by atoms with E-state index in [1.165, 1.54) is 0 Å². The zero-order valence-electron chi connectivity index (χ0n) is 19.5. The fraction of sp³-hybridized carbons (Fsp3) is 0.440. The number of fused-ring (bicyclic) bond motifs is 2. The molecular formula is C25H29N5O2. The molecule has 0 unspecified atom stereocenters. The molecule has 32 heavy (non-hydrogen) atoms. The van der Waals surface area contributed by atoms with Crippen molar-refractivity contribution in [1.29, 1.82) is 0 Å². The number of carbonyl (C=O) groups excluding carboxylic acids is 1. The van der Waals surface area contributed by atoms with Gasteiger partial charge in [0.2, 0.25) is 0 Å². The van der Waals surface area contributed by atoms with Gasteiger partial charge in [0.25, 0.3) is 5.91 Å². The molecule has 1 N–H and O–H groups in total. The molecule has 1 aromatic carbocycles. The van der Waals surface area contributed by atoms with E-state index in [1.807, 2.05) is 35.9 Å². The first-order valence-corrected chi connectivity index (χ1v) is 11.2. The lowest BCUT2D eigenvalue weighted by Crippen LogP contribution is -2.24. The summed E-state index contributed by atoms with van der Waals surface area (Å²) >= 11 is 0. The second-order valence-corrected chi connectivity index (χ2v) is 10.1. The molecule has 0 radical (unpaired) electrons. The molecule has 0 spiro atoms. The second-order valence-electron chi connectivity index (χ2n) is 10.1. The molecule has 1 saturated carbocycles. The average Bonchev–Trinajstić information content (AvgIpc) is 3.40. The van der Waals surface area contributed by atoms with Crippen LogP contribution in [-0.4, -0.2) is 25.7 Å². The Balaban J connectivity index is 1.56. The van der Waals surface area contributed by atoms with Crippen molar-refractivity contribution in [3.05, 3.63) is 47.1 Å². The van der Waals surface area contributed by atoms with Gasteiger partial charge in [-0.3, -0.25) is 4.79 Å². The number of aryl methyl sites for hydroxylation is 1. The lowest BCUT2D eigenvalue weighted by atomic mass is 10.0. The van der Waals surface area contributed by atoms with E-state index in [4.69, 9.17) is 14.5 Å². The van der Waals surface area contributed by atoms with Gasteiger partial charge >= 0.3 is 0 Å². The lowest BCUT2D eigenvalue weighted by molar-refractivity contribution is 0.102. The molecule has 1 aliphatic carbocycles. The SMILES string of the molecule is Cc1nn(C(C)(C)C)c2nc(C(C)C)cc(C(=O)Nc3ccc4oc(C5CC5)nc4c3)c12. The summed E-state index contributed by atoms with van der Waals surface area (Å²) in [5.41, 5.74) is 4.95. The molecule has 1 amide bonds. The van der Waals surface area contributed by atoms with Gasteiger partial charge in [-0.1, -0.05) is 13.8 Å². The van der Waals surface area contributed by atoms with Gasteiger partial charge in [0.15, 0.2) is 17.1 Å². The van der Waals surface area contributed by atoms with Gasteiger partial charge in [0, 0.05) is 17.3 Å². The smallest absolute Gasteiger partial charge is 0.256 e. The number of oxazole rings is 1. The molecule has 1 aliphatic rings. The van der Waals surface area contributed by atoms with Crippen LogP contribution in [0.3, 0.4) is 0 Å². The maximum Gasteiger partial charge on any atom is 0.256 e. The fourth-order valence-corrected chi connectivity index (χ4v) is 3.98. The van der Waals surface area contributed by atoms with E-state index in [0.29, 0.717) is 17.2 Å². The standard InChI is InChI=1S/C25H29N5O2/c1-13(2)18-12-17(21-14(3)29-30(22(21)27-18)25(4,5)6)23(31)26-16-9-10-20-19(11-16)28-24(32-20)15-7-8-15/h9-13,15H,7-8H2,1-6H3,(H,26,31). The summed E-state index contributed by atoms with van der Waals surface area (Å²) in [5, 5.41) is 8.57. The highest BCUT2D eigenvalue weighted by Crippen LogP contribution is 2.40. The van der Waals surface area contributed by atoms with E-state index < -0.39 is 0 Å². The number of nitrogens with one attached hydrogen (secondary N) is 1. The van der Waals surface area contributed by atoms with Crippen molar-refractivity contribution in [2.75, 3.05) is 5.32 Å². The van der Waals surface area contributed by atoms with Crippen molar-refractivity contribution in [1.82, 2.24) is 19.7 Å². The zero-order valence-corrected chi connectivity index (χ0v) is 19.5. The molecule has 0 bridgehead atoms. The summed E-state index contributed by atoms with van der Waals surface area (Å²) in [4.78, 5) is 22.9. The van der Waals surface area contributed by atoms with Crippen LogP contribution in [0.5, 0.6) is 0 Å². The Hall–Kier alpha value is -3.22. The van der Waals surface area contributed by atoms with E-state index in [0.717, 1.165) is 52.3 Å². The van der Waals surface area contributed by atoms with Crippen LogP contribution in [0.1, 0.15) is 86.9 Å². The van der Waals surface area contributed by atoms with Crippen molar-refractivity contribution >= 4 is 33.7 Å². The van der Waals surface area contributed by atoms with E-state index in [1.54, 1.807) is 0 Å². The summed E-state index contributed by atoms with van der Waals surface area (Å²) in [6.45, 7) is 12.4. The van der Waals surface area contributed by atoms with Crippen molar-refractivity contribution in [2.24, 2.45) is 0 Å². The number of aromatic nitrogens is 4. The second kappa shape index (κ2) is 7.15. The molecule has 1 fully saturated rings. The molecule has 3 aromatic heterocycles. The highest BCUT2D eigenvalue weighted by Gasteiger charge is 2.29. The van der Waals surface area contributed by atoms with Crippen LogP contribution in [0.2, 0.25) is 0 Å². The summed E-state index contributed by atoms with van der Waals surface area (Å²) in [5.74, 6) is 1.25. The van der Waals surface area contributed by atoms with Gasteiger partial charge in [-0.15, -0.1) is 0 Å². The van der Waals surface area contributed by atoms with Crippen LogP contribution in [0, 0.1) is 6.92 Å². The molecule has 5 rings (SSSR count). The van der Waals surface area contributed by atoms with Crippen LogP contribution in [0.15, 0.2) is 28.7 Å². The van der Waals surface area contributed by atoms with Crippen molar-refractivity contribution < 1.29 is 9.21 Å². The van der Waals surface area contributed by atoms with Gasteiger partial charge in [-0.25, -0.2) is 14.6 Å². The predicted octanol–water partition coefficient (Wildman–Crippen LogP) is 5.89. The van der Waals surface area contributed by atoms with E-state index >= 15 is 0 Å². The molecular weight excluding hydrogens is 402 g/mol. The fourth-order valence-electron chi connectivity index (χ4n) is 3.98. The van der Waals surface area contributed by atoms with Gasteiger partial charge in [-0.2, -0.15) is 5.10 Å². The van der Waals surface area contributed by atoms with E-state index in [-0.39, 0.29) is 17.4 Å². The molecule has 4 aromatic rings. The maximum absolute atomic E-state index is 13.5. The Kier molecular flexibility index (Phi) is 4.62. The maximum atomic E-state index is 13.5. The van der Waals surface area contributed by atoms with E-state index in [9.17, 15) is 4.79 Å². The quantitative estimate of drug-likeness (QED) is 0.435. The summed E-state index contributed by atoms with van der Waals surface area (Å²) < 4.78 is 7.76. The molecule has 7 nitrogen and oxygen atoms in total. The topological polar surface area (TPSA) is 85.8 Å². The third-order valence-corrected chi connectivity index (χ3v) is 5.89. The molecule has 0 saturated heterocycles. The molecule has 166 valence electrons. The Morgan fingerprint density at radius 2 is 1.94 bits per heavy atom. The summed E-state index contributed by atoms with van der Waals surface area (Å²) in [6, 6.07) is 7.49. The van der Waals surface area contributed by atoms with Gasteiger partial charge in [0.1, 0.15) is 5.52 Å². The highest BCUT2D eigenvalue weighted by molar-refractivity contribution is 6.13. The van der Waals surface area contributed by atoms with Crippen LogP contribution in [-0.2, 0) is 5.54 Å². The van der Waals surface area contributed by atoms with Gasteiger partial charge < -0.3 is 9.73 Å². The number of hydrogen-bond acceptors (Lipinski definition) is 5.